The Bertz CT molecular complexity index is 628. The molecule has 4 nitrogen and oxygen atoms in total. The first kappa shape index (κ1) is 15.7. The third-order valence-corrected chi connectivity index (χ3v) is 3.82. The molecule has 0 bridgehead atoms. The summed E-state index contributed by atoms with van der Waals surface area (Å²) >= 11 is 0. The van der Waals surface area contributed by atoms with Crippen LogP contribution in [-0.4, -0.2) is 27.4 Å². The molecule has 0 saturated carbocycles. The lowest BCUT2D eigenvalue weighted by Crippen LogP contribution is -2.47. The maximum Gasteiger partial charge on any atom is 0.159 e. The molecule has 0 unspecified atom stereocenters. The molecule has 1 heterocycles. The van der Waals surface area contributed by atoms with Gasteiger partial charge in [0.2, 0.25) is 0 Å². The first-order valence-electron chi connectivity index (χ1n) is 7.72. The van der Waals surface area contributed by atoms with Gasteiger partial charge in [0, 0.05) is 6.54 Å². The van der Waals surface area contributed by atoms with E-state index in [2.05, 4.69) is 27.9 Å². The zero-order chi connectivity index (χ0) is 15.5. The normalized spacial score (nSPS) is 12.0. The third kappa shape index (κ3) is 3.32. The molecule has 0 radical (unpaired) electrons. The largest absolute Gasteiger partial charge is 0.328 e. The molecule has 0 aliphatic rings. The summed E-state index contributed by atoms with van der Waals surface area (Å²) in [5.41, 5.74) is 1.57. The number of para-hydroxylation sites is 2. The summed E-state index contributed by atoms with van der Waals surface area (Å²) < 4.78 is 2.18. The van der Waals surface area contributed by atoms with Gasteiger partial charge < -0.3 is 9.88 Å². The molecule has 0 spiro atoms. The molecule has 0 atom stereocenters. The minimum atomic E-state index is -0.510. The summed E-state index contributed by atoms with van der Waals surface area (Å²) in [6, 6.07) is 8.08. The molecule has 0 aliphatic heterocycles. The number of carbonyl (C=O) groups excluding carboxylic acids is 1. The minimum absolute atomic E-state index is 0.178. The van der Waals surface area contributed by atoms with Crippen LogP contribution in [-0.2, 0) is 17.8 Å². The Balaban J connectivity index is 2.33. The molecule has 1 aromatic heterocycles. The Morgan fingerprint density at radius 3 is 2.67 bits per heavy atom. The summed E-state index contributed by atoms with van der Waals surface area (Å²) in [6.07, 6.45) is 1.40. The van der Waals surface area contributed by atoms with Crippen LogP contribution in [0.25, 0.3) is 11.0 Å². The molecule has 4 heteroatoms. The highest BCUT2D eigenvalue weighted by atomic mass is 16.1. The van der Waals surface area contributed by atoms with Gasteiger partial charge in [-0.3, -0.25) is 4.79 Å². The van der Waals surface area contributed by atoms with Gasteiger partial charge in [-0.25, -0.2) is 4.98 Å². The number of aryl methyl sites for hydroxylation is 1. The number of carbonyl (C=O) groups is 1. The molecule has 0 amide bonds. The van der Waals surface area contributed by atoms with Crippen LogP contribution in [0.3, 0.4) is 0 Å². The SMILES string of the molecule is CCCn1c(CC(=O)C(C)(C)NCC)nc2ccccc21. The van der Waals surface area contributed by atoms with Gasteiger partial charge in [-0.15, -0.1) is 0 Å². The Morgan fingerprint density at radius 1 is 1.29 bits per heavy atom. The number of Topliss-reactive ketones (excluding diaryl/α,β-unsaturated/α-hetero) is 1. The van der Waals surface area contributed by atoms with Crippen molar-refractivity contribution in [2.75, 3.05) is 6.54 Å². The number of hydrogen-bond acceptors (Lipinski definition) is 3. The van der Waals surface area contributed by atoms with Gasteiger partial charge in [0.25, 0.3) is 0 Å². The molecule has 21 heavy (non-hydrogen) atoms. The van der Waals surface area contributed by atoms with Crippen LogP contribution in [0.2, 0.25) is 0 Å². The number of aromatic nitrogens is 2. The van der Waals surface area contributed by atoms with E-state index in [-0.39, 0.29) is 5.78 Å². The average Bonchev–Trinajstić information content (AvgIpc) is 2.77. The highest BCUT2D eigenvalue weighted by Crippen LogP contribution is 2.18. The van der Waals surface area contributed by atoms with Crippen molar-refractivity contribution in [3.63, 3.8) is 0 Å². The number of benzene rings is 1. The standard InChI is InChI=1S/C17H25N3O/c1-5-11-20-14-10-8-7-9-13(14)19-16(20)12-15(21)17(3,4)18-6-2/h7-10,18H,5-6,11-12H2,1-4H3. The Kier molecular flexibility index (Phi) is 4.78. The Hall–Kier alpha value is -1.68. The van der Waals surface area contributed by atoms with Gasteiger partial charge in [-0.05, 0) is 38.9 Å². The second-order valence-electron chi connectivity index (χ2n) is 5.92. The van der Waals surface area contributed by atoms with Crippen LogP contribution in [0.15, 0.2) is 24.3 Å². The highest BCUT2D eigenvalue weighted by Gasteiger charge is 2.27. The zero-order valence-corrected chi connectivity index (χ0v) is 13.4. The van der Waals surface area contributed by atoms with E-state index in [1.807, 2.05) is 39.0 Å². The molecule has 0 aliphatic carbocycles. The molecular weight excluding hydrogens is 262 g/mol. The fourth-order valence-electron chi connectivity index (χ4n) is 2.64. The van der Waals surface area contributed by atoms with E-state index in [0.29, 0.717) is 6.42 Å². The number of likely N-dealkylation sites (N-methyl/N-ethyl adjacent to an activating group) is 1. The van der Waals surface area contributed by atoms with Gasteiger partial charge in [0.05, 0.1) is 23.0 Å². The van der Waals surface area contributed by atoms with E-state index >= 15 is 0 Å². The lowest BCUT2D eigenvalue weighted by atomic mass is 9.96. The smallest absolute Gasteiger partial charge is 0.159 e. The van der Waals surface area contributed by atoms with Gasteiger partial charge >= 0.3 is 0 Å². The van der Waals surface area contributed by atoms with Crippen molar-refractivity contribution < 1.29 is 4.79 Å². The van der Waals surface area contributed by atoms with Crippen LogP contribution in [0.5, 0.6) is 0 Å². The number of rotatable bonds is 7. The lowest BCUT2D eigenvalue weighted by Gasteiger charge is -2.24. The summed E-state index contributed by atoms with van der Waals surface area (Å²) in [6.45, 7) is 9.70. The van der Waals surface area contributed by atoms with E-state index in [0.717, 1.165) is 36.4 Å². The van der Waals surface area contributed by atoms with Crippen molar-refractivity contribution in [1.82, 2.24) is 14.9 Å². The molecule has 1 N–H and O–H groups in total. The fourth-order valence-corrected chi connectivity index (χ4v) is 2.64. The molecule has 0 saturated heterocycles. The third-order valence-electron chi connectivity index (χ3n) is 3.82. The molecular formula is C17H25N3O. The minimum Gasteiger partial charge on any atom is -0.328 e. The number of imidazole rings is 1. The number of ketones is 1. The van der Waals surface area contributed by atoms with E-state index in [1.165, 1.54) is 0 Å². The number of nitrogens with one attached hydrogen (secondary N) is 1. The Morgan fingerprint density at radius 2 is 2.00 bits per heavy atom. The van der Waals surface area contributed by atoms with Crippen LogP contribution in [0.1, 0.15) is 39.9 Å². The predicted octanol–water partition coefficient (Wildman–Crippen LogP) is 2.95. The van der Waals surface area contributed by atoms with Gasteiger partial charge in [-0.1, -0.05) is 26.0 Å². The fraction of sp³-hybridized carbons (Fsp3) is 0.529. The molecule has 114 valence electrons. The van der Waals surface area contributed by atoms with Crippen molar-refractivity contribution >= 4 is 16.8 Å². The maximum atomic E-state index is 12.5. The molecule has 2 aromatic rings. The predicted molar refractivity (Wildman–Crippen MR) is 86.5 cm³/mol. The highest BCUT2D eigenvalue weighted by molar-refractivity contribution is 5.89. The zero-order valence-electron chi connectivity index (χ0n) is 13.4. The molecule has 0 fully saturated rings. The summed E-state index contributed by atoms with van der Waals surface area (Å²) in [7, 11) is 0. The number of fused-ring (bicyclic) bond motifs is 1. The van der Waals surface area contributed by atoms with Gasteiger partial charge in [-0.2, -0.15) is 0 Å². The van der Waals surface area contributed by atoms with E-state index in [1.54, 1.807) is 0 Å². The summed E-state index contributed by atoms with van der Waals surface area (Å²) in [5.74, 6) is 1.05. The number of nitrogens with zero attached hydrogens (tertiary/aromatic N) is 2. The molecule has 1 aromatic carbocycles. The summed E-state index contributed by atoms with van der Waals surface area (Å²) in [5, 5.41) is 3.24. The first-order chi connectivity index (χ1) is 9.99. The van der Waals surface area contributed by atoms with Crippen LogP contribution >= 0.6 is 0 Å². The summed E-state index contributed by atoms with van der Waals surface area (Å²) in [4.78, 5) is 17.2. The monoisotopic (exact) mass is 287 g/mol. The van der Waals surface area contributed by atoms with Crippen molar-refractivity contribution in [2.45, 2.75) is 52.6 Å². The van der Waals surface area contributed by atoms with Gasteiger partial charge in [0.15, 0.2) is 5.78 Å². The average molecular weight is 287 g/mol. The van der Waals surface area contributed by atoms with E-state index in [4.69, 9.17) is 0 Å². The maximum absolute atomic E-state index is 12.5. The number of hydrogen-bond donors (Lipinski definition) is 1. The Labute approximate surface area is 126 Å². The van der Waals surface area contributed by atoms with Crippen LogP contribution in [0, 0.1) is 0 Å². The lowest BCUT2D eigenvalue weighted by molar-refractivity contribution is -0.123. The van der Waals surface area contributed by atoms with Crippen LogP contribution < -0.4 is 5.32 Å². The second kappa shape index (κ2) is 6.39. The van der Waals surface area contributed by atoms with Gasteiger partial charge in [0.1, 0.15) is 5.82 Å². The van der Waals surface area contributed by atoms with Crippen molar-refractivity contribution in [1.29, 1.82) is 0 Å². The van der Waals surface area contributed by atoms with Crippen molar-refractivity contribution in [3.05, 3.63) is 30.1 Å². The van der Waals surface area contributed by atoms with E-state index < -0.39 is 5.54 Å². The topological polar surface area (TPSA) is 46.9 Å². The van der Waals surface area contributed by atoms with Crippen molar-refractivity contribution in [3.8, 4) is 0 Å². The molecule has 2 rings (SSSR count). The first-order valence-corrected chi connectivity index (χ1v) is 7.72. The van der Waals surface area contributed by atoms with E-state index in [9.17, 15) is 4.79 Å². The quantitative estimate of drug-likeness (QED) is 0.851. The van der Waals surface area contributed by atoms with Crippen molar-refractivity contribution in [2.24, 2.45) is 0 Å². The van der Waals surface area contributed by atoms with Crippen LogP contribution in [0.4, 0.5) is 0 Å². The second-order valence-corrected chi connectivity index (χ2v) is 5.92.